The molecule has 2 N–H and O–H groups in total. The summed E-state index contributed by atoms with van der Waals surface area (Å²) in [6, 6.07) is 0. The van der Waals surface area contributed by atoms with Gasteiger partial charge in [0.25, 0.3) is 0 Å². The number of carbonyl (C=O) groups excluding carboxylic acids is 1. The summed E-state index contributed by atoms with van der Waals surface area (Å²) in [5.41, 5.74) is -0.330. The number of hydrogen-bond donors (Lipinski definition) is 2. The fraction of sp³-hybridized carbons (Fsp3) is 0.909. The lowest BCUT2D eigenvalue weighted by Gasteiger charge is -2.29. The normalized spacial score (nSPS) is 22.5. The molecule has 0 radical (unpaired) electrons. The van der Waals surface area contributed by atoms with Gasteiger partial charge >= 0.3 is 0 Å². The third-order valence-corrected chi connectivity index (χ3v) is 2.73. The first-order valence-electron chi connectivity index (χ1n) is 5.56. The van der Waals surface area contributed by atoms with Crippen LogP contribution in [0.1, 0.15) is 33.1 Å². The molecule has 0 bridgehead atoms. The van der Waals surface area contributed by atoms with E-state index in [0.717, 1.165) is 19.4 Å². The molecule has 0 spiro atoms. The molecule has 1 saturated heterocycles. The summed E-state index contributed by atoms with van der Waals surface area (Å²) in [6.07, 6.45) is 2.44. The zero-order chi connectivity index (χ0) is 11.3. The topological polar surface area (TPSA) is 58.6 Å². The van der Waals surface area contributed by atoms with Crippen LogP contribution in [-0.4, -0.2) is 36.4 Å². The third kappa shape index (κ3) is 4.18. The van der Waals surface area contributed by atoms with E-state index in [1.54, 1.807) is 0 Å². The van der Waals surface area contributed by atoms with E-state index < -0.39 is 0 Å². The molecule has 1 amide bonds. The van der Waals surface area contributed by atoms with Crippen LogP contribution in [-0.2, 0) is 9.53 Å². The number of ether oxygens (including phenoxy) is 1. The van der Waals surface area contributed by atoms with Crippen LogP contribution in [0.25, 0.3) is 0 Å². The summed E-state index contributed by atoms with van der Waals surface area (Å²) in [4.78, 5) is 11.8. The van der Waals surface area contributed by atoms with Gasteiger partial charge in [0.05, 0.1) is 12.5 Å². The van der Waals surface area contributed by atoms with E-state index in [2.05, 4.69) is 5.32 Å². The molecule has 0 aromatic carbocycles. The number of aliphatic hydroxyl groups is 1. The Bertz CT molecular complexity index is 210. The average Bonchev–Trinajstić information content (AvgIpc) is 2.18. The number of rotatable bonds is 4. The van der Waals surface area contributed by atoms with E-state index >= 15 is 0 Å². The number of carbonyl (C=O) groups is 1. The van der Waals surface area contributed by atoms with Gasteiger partial charge in [0.15, 0.2) is 0 Å². The Kier molecular flexibility index (Phi) is 4.54. The predicted octanol–water partition coefficient (Wildman–Crippen LogP) is 0.690. The lowest BCUT2D eigenvalue weighted by Crippen LogP contribution is -2.48. The van der Waals surface area contributed by atoms with Crippen molar-refractivity contribution in [3.63, 3.8) is 0 Å². The van der Waals surface area contributed by atoms with Gasteiger partial charge in [-0.15, -0.1) is 0 Å². The summed E-state index contributed by atoms with van der Waals surface area (Å²) in [5.74, 6) is 0.0323. The lowest BCUT2D eigenvalue weighted by atomic mass is 9.96. The molecule has 15 heavy (non-hydrogen) atoms. The van der Waals surface area contributed by atoms with Crippen molar-refractivity contribution in [1.29, 1.82) is 0 Å². The van der Waals surface area contributed by atoms with E-state index in [1.807, 2.05) is 13.8 Å². The molecule has 0 aromatic rings. The minimum absolute atomic E-state index is 0.0169. The van der Waals surface area contributed by atoms with Crippen molar-refractivity contribution < 1.29 is 14.6 Å². The molecule has 0 saturated carbocycles. The van der Waals surface area contributed by atoms with E-state index in [4.69, 9.17) is 9.84 Å². The van der Waals surface area contributed by atoms with E-state index in [1.165, 1.54) is 0 Å². The maximum Gasteiger partial charge on any atom is 0.225 e. The number of hydrogen-bond acceptors (Lipinski definition) is 3. The molecular weight excluding hydrogens is 194 g/mol. The average molecular weight is 215 g/mol. The molecule has 1 heterocycles. The first kappa shape index (κ1) is 12.5. The third-order valence-electron chi connectivity index (χ3n) is 2.73. The van der Waals surface area contributed by atoms with Crippen LogP contribution in [0, 0.1) is 5.92 Å². The van der Waals surface area contributed by atoms with Crippen molar-refractivity contribution in [3.05, 3.63) is 0 Å². The number of amides is 1. The van der Waals surface area contributed by atoms with E-state index in [-0.39, 0.29) is 24.0 Å². The Morgan fingerprint density at radius 2 is 2.33 bits per heavy atom. The van der Waals surface area contributed by atoms with Gasteiger partial charge in [-0.1, -0.05) is 0 Å². The minimum atomic E-state index is -0.330. The highest BCUT2D eigenvalue weighted by atomic mass is 16.5. The standard InChI is InChI=1S/C11H21NO3/c1-11(2,5-6-13)12-10(14)9-4-3-7-15-8-9/h9,13H,3-8H2,1-2H3,(H,12,14). The van der Waals surface area contributed by atoms with Crippen LogP contribution >= 0.6 is 0 Å². The second-order valence-corrected chi connectivity index (χ2v) is 4.76. The van der Waals surface area contributed by atoms with Gasteiger partial charge in [-0.3, -0.25) is 4.79 Å². The Balaban J connectivity index is 2.39. The van der Waals surface area contributed by atoms with Gasteiger partial charge in [0.1, 0.15) is 0 Å². The van der Waals surface area contributed by atoms with Crippen LogP contribution in [0.15, 0.2) is 0 Å². The van der Waals surface area contributed by atoms with Crippen LogP contribution in [0.4, 0.5) is 0 Å². The quantitative estimate of drug-likeness (QED) is 0.725. The van der Waals surface area contributed by atoms with Crippen molar-refractivity contribution in [2.45, 2.75) is 38.6 Å². The van der Waals surface area contributed by atoms with Gasteiger partial charge in [0.2, 0.25) is 5.91 Å². The fourth-order valence-electron chi connectivity index (χ4n) is 1.73. The summed E-state index contributed by atoms with van der Waals surface area (Å²) in [5, 5.41) is 11.8. The molecule has 88 valence electrons. The van der Waals surface area contributed by atoms with Crippen LogP contribution in [0.3, 0.4) is 0 Å². The Morgan fingerprint density at radius 1 is 1.60 bits per heavy atom. The first-order valence-corrected chi connectivity index (χ1v) is 5.56. The van der Waals surface area contributed by atoms with Crippen LogP contribution in [0.2, 0.25) is 0 Å². The summed E-state index contributed by atoms with van der Waals surface area (Å²) in [6.45, 7) is 5.23. The Morgan fingerprint density at radius 3 is 2.87 bits per heavy atom. The maximum absolute atomic E-state index is 11.8. The second kappa shape index (κ2) is 5.47. The van der Waals surface area contributed by atoms with Gasteiger partial charge in [-0.25, -0.2) is 0 Å². The minimum Gasteiger partial charge on any atom is -0.396 e. The van der Waals surface area contributed by atoms with Gasteiger partial charge < -0.3 is 15.2 Å². The van der Waals surface area contributed by atoms with Crippen molar-refractivity contribution in [2.75, 3.05) is 19.8 Å². The Labute approximate surface area is 91.0 Å². The lowest BCUT2D eigenvalue weighted by molar-refractivity contribution is -0.130. The van der Waals surface area contributed by atoms with Gasteiger partial charge in [-0.2, -0.15) is 0 Å². The molecule has 0 aromatic heterocycles. The molecule has 1 aliphatic heterocycles. The fourth-order valence-corrected chi connectivity index (χ4v) is 1.73. The van der Waals surface area contributed by atoms with E-state index in [0.29, 0.717) is 13.0 Å². The number of aliphatic hydroxyl groups excluding tert-OH is 1. The van der Waals surface area contributed by atoms with Crippen LogP contribution in [0.5, 0.6) is 0 Å². The summed E-state index contributed by atoms with van der Waals surface area (Å²) < 4.78 is 5.27. The molecule has 1 unspecified atom stereocenters. The van der Waals surface area contributed by atoms with Gasteiger partial charge in [0, 0.05) is 18.8 Å². The zero-order valence-electron chi connectivity index (χ0n) is 9.58. The Hall–Kier alpha value is -0.610. The second-order valence-electron chi connectivity index (χ2n) is 4.76. The highest BCUT2D eigenvalue weighted by Crippen LogP contribution is 2.16. The van der Waals surface area contributed by atoms with Crippen LogP contribution < -0.4 is 5.32 Å². The molecule has 1 atom stereocenters. The molecule has 1 fully saturated rings. The maximum atomic E-state index is 11.8. The highest BCUT2D eigenvalue weighted by Gasteiger charge is 2.26. The van der Waals surface area contributed by atoms with Crippen molar-refractivity contribution in [2.24, 2.45) is 5.92 Å². The van der Waals surface area contributed by atoms with Crippen molar-refractivity contribution in [3.8, 4) is 0 Å². The summed E-state index contributed by atoms with van der Waals surface area (Å²) >= 11 is 0. The smallest absolute Gasteiger partial charge is 0.225 e. The molecular formula is C11H21NO3. The zero-order valence-corrected chi connectivity index (χ0v) is 9.58. The molecule has 4 nitrogen and oxygen atoms in total. The van der Waals surface area contributed by atoms with E-state index in [9.17, 15) is 4.79 Å². The predicted molar refractivity (Wildman–Crippen MR) is 57.5 cm³/mol. The number of nitrogens with one attached hydrogen (secondary N) is 1. The summed E-state index contributed by atoms with van der Waals surface area (Å²) in [7, 11) is 0. The van der Waals surface area contributed by atoms with Gasteiger partial charge in [-0.05, 0) is 33.1 Å². The molecule has 1 rings (SSSR count). The largest absolute Gasteiger partial charge is 0.396 e. The van der Waals surface area contributed by atoms with Crippen molar-refractivity contribution >= 4 is 5.91 Å². The van der Waals surface area contributed by atoms with Crippen molar-refractivity contribution in [1.82, 2.24) is 5.32 Å². The molecule has 0 aliphatic carbocycles. The highest BCUT2D eigenvalue weighted by molar-refractivity contribution is 5.79. The first-order chi connectivity index (χ1) is 7.05. The SMILES string of the molecule is CC(C)(CCO)NC(=O)C1CCCOC1. The monoisotopic (exact) mass is 215 g/mol. The molecule has 1 aliphatic rings. The molecule has 4 heteroatoms.